The molecule has 0 radical (unpaired) electrons. The fourth-order valence-corrected chi connectivity index (χ4v) is 2.35. The second-order valence-corrected chi connectivity index (χ2v) is 4.91. The smallest absolute Gasteiger partial charge is 0.245 e. The third-order valence-electron chi connectivity index (χ3n) is 3.20. The Kier molecular flexibility index (Phi) is 4.80. The molecule has 0 spiro atoms. The van der Waals surface area contributed by atoms with Gasteiger partial charge in [-0.15, -0.1) is 11.6 Å². The van der Waals surface area contributed by atoms with E-state index in [1.165, 1.54) is 0 Å². The quantitative estimate of drug-likeness (QED) is 0.851. The summed E-state index contributed by atoms with van der Waals surface area (Å²) in [5.41, 5.74) is 1.10. The largest absolute Gasteiger partial charge is 0.343 e. The third kappa shape index (κ3) is 3.70. The van der Waals surface area contributed by atoms with Gasteiger partial charge in [0.1, 0.15) is 11.9 Å². The summed E-state index contributed by atoms with van der Waals surface area (Å²) in [7, 11) is 0. The van der Waals surface area contributed by atoms with Gasteiger partial charge in [0.25, 0.3) is 0 Å². The van der Waals surface area contributed by atoms with Gasteiger partial charge in [-0.3, -0.25) is 9.59 Å². The molecule has 1 N–H and O–H groups in total. The number of rotatable bonds is 4. The van der Waals surface area contributed by atoms with Crippen molar-refractivity contribution < 1.29 is 9.59 Å². The zero-order chi connectivity index (χ0) is 13.7. The first kappa shape index (κ1) is 13.9. The first-order valence-electron chi connectivity index (χ1n) is 6.38. The van der Waals surface area contributed by atoms with Gasteiger partial charge in [-0.25, -0.2) is 0 Å². The minimum absolute atomic E-state index is 0.0198. The Balaban J connectivity index is 1.98. The zero-order valence-electron chi connectivity index (χ0n) is 10.6. The molecule has 2 rings (SSSR count). The number of piperidine rings is 1. The Morgan fingerprint density at radius 1 is 1.37 bits per heavy atom. The average Bonchev–Trinajstić information content (AvgIpc) is 2.44. The lowest BCUT2D eigenvalue weighted by molar-refractivity contribution is -0.139. The molecule has 1 aliphatic rings. The van der Waals surface area contributed by atoms with Crippen LogP contribution in [0.3, 0.4) is 0 Å². The van der Waals surface area contributed by atoms with E-state index in [-0.39, 0.29) is 17.7 Å². The van der Waals surface area contributed by atoms with E-state index in [2.05, 4.69) is 5.32 Å². The van der Waals surface area contributed by atoms with Crippen LogP contribution in [0.25, 0.3) is 0 Å². The van der Waals surface area contributed by atoms with E-state index in [9.17, 15) is 9.59 Å². The van der Waals surface area contributed by atoms with Gasteiger partial charge in [-0.2, -0.15) is 0 Å². The van der Waals surface area contributed by atoms with E-state index >= 15 is 0 Å². The lowest BCUT2D eigenvalue weighted by atomic mass is 10.0. The number of alkyl halides is 1. The molecule has 0 aliphatic carbocycles. The monoisotopic (exact) mass is 280 g/mol. The molecule has 0 bridgehead atoms. The summed E-state index contributed by atoms with van der Waals surface area (Å²) < 4.78 is 0. The van der Waals surface area contributed by atoms with Gasteiger partial charge >= 0.3 is 0 Å². The molecular formula is C14H17ClN2O2. The number of nitrogens with one attached hydrogen (secondary N) is 1. The molecule has 1 atom stereocenters. The van der Waals surface area contributed by atoms with E-state index < -0.39 is 6.04 Å². The Hall–Kier alpha value is -1.55. The first-order chi connectivity index (χ1) is 9.20. The summed E-state index contributed by atoms with van der Waals surface area (Å²) in [6.45, 7) is 1.33. The van der Waals surface area contributed by atoms with Crippen molar-refractivity contribution in [1.29, 1.82) is 0 Å². The number of carbonyl (C=O) groups is 2. The van der Waals surface area contributed by atoms with Crippen LogP contribution >= 0.6 is 11.6 Å². The number of halogens is 1. The fourth-order valence-electron chi connectivity index (χ4n) is 2.27. The van der Waals surface area contributed by atoms with Gasteiger partial charge in [0.15, 0.2) is 0 Å². The summed E-state index contributed by atoms with van der Waals surface area (Å²) in [6.07, 6.45) is 1.58. The second-order valence-electron chi connectivity index (χ2n) is 4.64. The minimum Gasteiger partial charge on any atom is -0.343 e. The number of hydrogen-bond donors (Lipinski definition) is 1. The van der Waals surface area contributed by atoms with Crippen LogP contribution in [0.15, 0.2) is 30.3 Å². The van der Waals surface area contributed by atoms with Crippen LogP contribution in [0.1, 0.15) is 18.4 Å². The Labute approximate surface area is 117 Å². The number of carbonyl (C=O) groups excluding carboxylic acids is 2. The van der Waals surface area contributed by atoms with Crippen molar-refractivity contribution in [1.82, 2.24) is 10.2 Å². The average molecular weight is 281 g/mol. The topological polar surface area (TPSA) is 49.4 Å². The number of nitrogens with zero attached hydrogens (tertiary/aromatic N) is 1. The van der Waals surface area contributed by atoms with Crippen molar-refractivity contribution in [2.24, 2.45) is 0 Å². The summed E-state index contributed by atoms with van der Waals surface area (Å²) in [5, 5.41) is 2.67. The zero-order valence-corrected chi connectivity index (χ0v) is 11.4. The summed E-state index contributed by atoms with van der Waals surface area (Å²) in [4.78, 5) is 25.3. The highest BCUT2D eigenvalue weighted by Gasteiger charge is 2.29. The standard InChI is InChI=1S/C14H17ClN2O2/c15-9-13(18)16-12-7-4-8-17(14(12)19)10-11-5-2-1-3-6-11/h1-3,5-6,12H,4,7-10H2,(H,16,18). The molecule has 0 saturated carbocycles. The summed E-state index contributed by atoms with van der Waals surface area (Å²) >= 11 is 5.45. The van der Waals surface area contributed by atoms with Crippen molar-refractivity contribution >= 4 is 23.4 Å². The maximum atomic E-state index is 12.2. The molecule has 0 aromatic heterocycles. The van der Waals surface area contributed by atoms with Gasteiger partial charge in [0, 0.05) is 13.1 Å². The summed E-state index contributed by atoms with van der Waals surface area (Å²) in [6, 6.07) is 9.42. The summed E-state index contributed by atoms with van der Waals surface area (Å²) in [5.74, 6) is -0.419. The molecule has 102 valence electrons. The molecule has 1 heterocycles. The van der Waals surface area contributed by atoms with E-state index in [0.29, 0.717) is 13.0 Å². The molecule has 1 unspecified atom stereocenters. The normalized spacial score (nSPS) is 19.3. The first-order valence-corrected chi connectivity index (χ1v) is 6.92. The van der Waals surface area contributed by atoms with E-state index in [1.807, 2.05) is 30.3 Å². The van der Waals surface area contributed by atoms with Crippen molar-refractivity contribution in [3.8, 4) is 0 Å². The lowest BCUT2D eigenvalue weighted by Gasteiger charge is -2.32. The van der Waals surface area contributed by atoms with E-state index in [4.69, 9.17) is 11.6 Å². The highest BCUT2D eigenvalue weighted by atomic mass is 35.5. The molecule has 1 saturated heterocycles. The number of hydrogen-bond acceptors (Lipinski definition) is 2. The van der Waals surface area contributed by atoms with Crippen LogP contribution in [0.5, 0.6) is 0 Å². The second kappa shape index (κ2) is 6.57. The third-order valence-corrected chi connectivity index (χ3v) is 3.45. The van der Waals surface area contributed by atoms with Crippen LogP contribution in [-0.4, -0.2) is 35.2 Å². The predicted octanol–water partition coefficient (Wildman–Crippen LogP) is 1.53. The van der Waals surface area contributed by atoms with Crippen molar-refractivity contribution in [2.75, 3.05) is 12.4 Å². The van der Waals surface area contributed by atoms with Crippen molar-refractivity contribution in [3.05, 3.63) is 35.9 Å². The van der Waals surface area contributed by atoms with E-state index in [0.717, 1.165) is 18.5 Å². The molecule has 1 fully saturated rings. The fraction of sp³-hybridized carbons (Fsp3) is 0.429. The highest BCUT2D eigenvalue weighted by Crippen LogP contribution is 2.15. The molecule has 19 heavy (non-hydrogen) atoms. The van der Waals surface area contributed by atoms with Crippen LogP contribution in [-0.2, 0) is 16.1 Å². The number of likely N-dealkylation sites (tertiary alicyclic amines) is 1. The maximum absolute atomic E-state index is 12.2. The maximum Gasteiger partial charge on any atom is 0.245 e. The van der Waals surface area contributed by atoms with Crippen molar-refractivity contribution in [2.45, 2.75) is 25.4 Å². The molecule has 1 aromatic rings. The molecule has 1 aromatic carbocycles. The minimum atomic E-state index is -0.427. The van der Waals surface area contributed by atoms with Crippen LogP contribution in [0.2, 0.25) is 0 Å². The van der Waals surface area contributed by atoms with Crippen LogP contribution < -0.4 is 5.32 Å². The molecule has 5 heteroatoms. The van der Waals surface area contributed by atoms with Crippen LogP contribution in [0.4, 0.5) is 0 Å². The van der Waals surface area contributed by atoms with Crippen molar-refractivity contribution in [3.63, 3.8) is 0 Å². The molecule has 1 aliphatic heterocycles. The van der Waals surface area contributed by atoms with E-state index in [1.54, 1.807) is 4.90 Å². The molecule has 4 nitrogen and oxygen atoms in total. The predicted molar refractivity (Wildman–Crippen MR) is 73.7 cm³/mol. The van der Waals surface area contributed by atoms with Gasteiger partial charge in [0.2, 0.25) is 11.8 Å². The Bertz CT molecular complexity index is 450. The molecule has 2 amide bonds. The van der Waals surface area contributed by atoms with Gasteiger partial charge in [-0.1, -0.05) is 30.3 Å². The van der Waals surface area contributed by atoms with Gasteiger partial charge in [0.05, 0.1) is 0 Å². The number of amides is 2. The lowest BCUT2D eigenvalue weighted by Crippen LogP contribution is -2.52. The SMILES string of the molecule is O=C(CCl)NC1CCCN(Cc2ccccc2)C1=O. The highest BCUT2D eigenvalue weighted by molar-refractivity contribution is 6.27. The van der Waals surface area contributed by atoms with Crippen LogP contribution in [0, 0.1) is 0 Å². The Morgan fingerprint density at radius 2 is 2.11 bits per heavy atom. The Morgan fingerprint density at radius 3 is 2.79 bits per heavy atom. The van der Waals surface area contributed by atoms with Gasteiger partial charge < -0.3 is 10.2 Å². The molecular weight excluding hydrogens is 264 g/mol. The van der Waals surface area contributed by atoms with Gasteiger partial charge in [-0.05, 0) is 18.4 Å². The number of benzene rings is 1.